The second-order valence-corrected chi connectivity index (χ2v) is 21.0. The number of hydrogen-bond donors (Lipinski definition) is 0. The average Bonchev–Trinajstić information content (AvgIpc) is 2.81. The van der Waals surface area contributed by atoms with Crippen LogP contribution < -0.4 is 0 Å². The summed E-state index contributed by atoms with van der Waals surface area (Å²) in [6, 6.07) is 123. The van der Waals surface area contributed by atoms with Gasteiger partial charge in [-0.2, -0.15) is 0 Å². The maximum Gasteiger partial charge on any atom is 0.0266 e. The summed E-state index contributed by atoms with van der Waals surface area (Å²) < 4.78 is 0. The van der Waals surface area contributed by atoms with E-state index in [1.54, 1.807) is 12.4 Å². The van der Waals surface area contributed by atoms with Crippen LogP contribution in [-0.2, 0) is 60.3 Å². The van der Waals surface area contributed by atoms with E-state index in [-0.39, 0.29) is 60.3 Å². The van der Waals surface area contributed by atoms with Crippen molar-refractivity contribution < 1.29 is 60.3 Å². The molecule has 0 N–H and O–H groups in total. The molecule has 0 aliphatic carbocycles. The van der Waals surface area contributed by atoms with Gasteiger partial charge in [-0.25, -0.2) is 0 Å². The minimum absolute atomic E-state index is 0. The summed E-state index contributed by atoms with van der Waals surface area (Å²) in [5.74, 6) is 0. The van der Waals surface area contributed by atoms with Gasteiger partial charge in [-0.3, -0.25) is 0 Å². The number of pyridine rings is 6. The van der Waals surface area contributed by atoms with Crippen LogP contribution >= 0.6 is 0 Å². The minimum atomic E-state index is 0. The molecule has 6 aromatic heterocycles. The van der Waals surface area contributed by atoms with Crippen LogP contribution in [0.5, 0.6) is 0 Å². The van der Waals surface area contributed by atoms with Gasteiger partial charge in [-0.05, 0) is 118 Å². The molecule has 0 aliphatic heterocycles. The summed E-state index contributed by atoms with van der Waals surface area (Å²) in [5.41, 5.74) is 22.7. The van der Waals surface area contributed by atoms with E-state index in [2.05, 4.69) is 159 Å². The molecule has 6 heterocycles. The van der Waals surface area contributed by atoms with Gasteiger partial charge in [-0.15, -0.1) is 215 Å². The van der Waals surface area contributed by atoms with Gasteiger partial charge >= 0.3 is 0 Å². The molecule has 0 atom stereocenters. The molecule has 0 fully saturated rings. The second kappa shape index (κ2) is 40.2. The quantitative estimate of drug-likeness (QED) is 0.134. The smallest absolute Gasteiger partial charge is 0.0266 e. The summed E-state index contributed by atoms with van der Waals surface area (Å²) in [5, 5.41) is 0. The Labute approximate surface area is 606 Å². The number of aromatic nitrogens is 6. The normalized spacial score (nSPS) is 9.78. The van der Waals surface area contributed by atoms with Crippen molar-refractivity contribution >= 4 is 0 Å². The van der Waals surface area contributed by atoms with E-state index >= 15 is 0 Å². The van der Waals surface area contributed by atoms with Gasteiger partial charge in [0.2, 0.25) is 0 Å². The SMILES string of the molecule is Cc1cccc(-c2[c-]cccc2)n1.Cc1ccccc1-c1ccc(-c2[c-]cccc2)nc1.Cc1ccccc1-c1ccc(-c2[c-]cccc2)nc1.[Ir].[Ir].[Ir].[c-]1ccccc1-c1ccc(-c2ccccc2)cn1.[c-]1ccccc1-c1ccccn1.[c-]1ccccc1-c1ccccn1. The Morgan fingerprint density at radius 1 is 0.219 bits per heavy atom. The van der Waals surface area contributed by atoms with Crippen LogP contribution in [0.1, 0.15) is 16.8 Å². The van der Waals surface area contributed by atoms with Crippen molar-refractivity contribution in [3.8, 4) is 101 Å². The fourth-order valence-electron chi connectivity index (χ4n) is 9.63. The Bertz CT molecular complexity index is 4240. The van der Waals surface area contributed by atoms with Gasteiger partial charge in [0.1, 0.15) is 0 Å². The fourth-order valence-corrected chi connectivity index (χ4v) is 9.63. The van der Waals surface area contributed by atoms with E-state index in [4.69, 9.17) is 0 Å². The first-order valence-corrected chi connectivity index (χ1v) is 30.6. The van der Waals surface area contributed by atoms with Gasteiger partial charge in [0.05, 0.1) is 0 Å². The van der Waals surface area contributed by atoms with E-state index in [0.717, 1.165) is 89.9 Å². The third kappa shape index (κ3) is 22.5. The number of nitrogens with zero attached hydrogens (tertiary/aromatic N) is 6. The van der Waals surface area contributed by atoms with Crippen LogP contribution in [0.2, 0.25) is 0 Å². The van der Waals surface area contributed by atoms with E-state index in [0.29, 0.717) is 0 Å². The molecule has 96 heavy (non-hydrogen) atoms. The predicted octanol–water partition coefficient (Wildman–Crippen LogP) is 21.2. The van der Waals surface area contributed by atoms with Crippen molar-refractivity contribution in [3.63, 3.8) is 0 Å². The van der Waals surface area contributed by atoms with Crippen molar-refractivity contribution in [1.29, 1.82) is 0 Å². The zero-order valence-corrected chi connectivity index (χ0v) is 60.3. The summed E-state index contributed by atoms with van der Waals surface area (Å²) in [7, 11) is 0. The maximum atomic E-state index is 4.54. The van der Waals surface area contributed by atoms with Crippen molar-refractivity contribution in [2.75, 3.05) is 0 Å². The first-order chi connectivity index (χ1) is 45.9. The molecule has 15 aromatic rings. The fraction of sp³-hybridized carbons (Fsp3) is 0.0345. The second-order valence-electron chi connectivity index (χ2n) is 21.0. The number of aryl methyl sites for hydroxylation is 3. The molecule has 0 amide bonds. The van der Waals surface area contributed by atoms with Gasteiger partial charge in [0.15, 0.2) is 0 Å². The largest absolute Gasteiger partial charge is 0.305 e. The Hall–Kier alpha value is -10.2. The molecule has 3 radical (unpaired) electrons. The van der Waals surface area contributed by atoms with Crippen molar-refractivity contribution in [2.24, 2.45) is 0 Å². The molecule has 9 aromatic carbocycles. The maximum absolute atomic E-state index is 4.54. The van der Waals surface area contributed by atoms with Crippen LogP contribution in [-0.4, -0.2) is 29.9 Å². The molecule has 0 bridgehead atoms. The monoisotopic (exact) mass is 1770 g/mol. The molecular formula is C87H66Ir3N6-6. The Balaban J connectivity index is 0.000000163. The zero-order valence-electron chi connectivity index (χ0n) is 53.1. The number of hydrogen-bond acceptors (Lipinski definition) is 6. The molecule has 0 saturated heterocycles. The Morgan fingerprint density at radius 2 is 0.521 bits per heavy atom. The predicted molar refractivity (Wildman–Crippen MR) is 382 cm³/mol. The van der Waals surface area contributed by atoms with Crippen molar-refractivity contribution in [3.05, 3.63) is 400 Å². The van der Waals surface area contributed by atoms with E-state index in [1.807, 2.05) is 262 Å². The van der Waals surface area contributed by atoms with Gasteiger partial charge in [0, 0.05) is 97.0 Å². The number of rotatable bonds is 9. The first-order valence-electron chi connectivity index (χ1n) is 30.6. The van der Waals surface area contributed by atoms with Crippen LogP contribution in [0.3, 0.4) is 0 Å². The standard InChI is InChI=1S/2C18H14N.C17H12N.C12H10N.2C11H8N.3Ir/c2*1-14-7-5-6-10-17(14)16-11-12-18(19-13-16)15-8-3-2-4-9-15;1-3-7-14(8-4-1)16-11-12-17(18-13-16)15-9-5-2-6-10-15;1-10-6-5-9-12(13-10)11-7-3-2-4-8-11;2*1-2-6-10(7-3-1)11-8-4-5-9-12-11;;;/h2*2-8,10-13H,1H3;1-9,11-13H;2-7,9H,1H3;2*1-6,8-9H;;;/q6*-1;;;. The zero-order chi connectivity index (χ0) is 63.9. The van der Waals surface area contributed by atoms with Crippen LogP contribution in [0.4, 0.5) is 0 Å². The van der Waals surface area contributed by atoms with E-state index < -0.39 is 0 Å². The van der Waals surface area contributed by atoms with Crippen molar-refractivity contribution in [2.45, 2.75) is 20.8 Å². The molecule has 6 nitrogen and oxygen atoms in total. The summed E-state index contributed by atoms with van der Waals surface area (Å²) in [6.45, 7) is 6.23. The average molecular weight is 1770 g/mol. The molecule has 0 aliphatic rings. The minimum Gasteiger partial charge on any atom is -0.305 e. The third-order valence-electron chi connectivity index (χ3n) is 14.4. The molecule has 0 unspecified atom stereocenters. The summed E-state index contributed by atoms with van der Waals surface area (Å²) in [6.07, 6.45) is 9.34. The molecule has 0 spiro atoms. The third-order valence-corrected chi connectivity index (χ3v) is 14.4. The Kier molecular flexibility index (Phi) is 30.6. The molecule has 0 saturated carbocycles. The topological polar surface area (TPSA) is 77.3 Å². The first kappa shape index (κ1) is 73.2. The van der Waals surface area contributed by atoms with Crippen molar-refractivity contribution in [1.82, 2.24) is 29.9 Å². The molecule has 477 valence electrons. The van der Waals surface area contributed by atoms with Crippen LogP contribution in [0, 0.1) is 57.2 Å². The van der Waals surface area contributed by atoms with Gasteiger partial charge in [0.25, 0.3) is 0 Å². The summed E-state index contributed by atoms with van der Waals surface area (Å²) in [4.78, 5) is 26.4. The molecule has 9 heteroatoms. The Morgan fingerprint density at radius 3 is 0.823 bits per heavy atom. The molecular weight excluding hydrogens is 1710 g/mol. The van der Waals surface area contributed by atoms with Crippen LogP contribution in [0.25, 0.3) is 101 Å². The van der Waals surface area contributed by atoms with Crippen LogP contribution in [0.15, 0.2) is 346 Å². The molecule has 15 rings (SSSR count). The summed E-state index contributed by atoms with van der Waals surface area (Å²) >= 11 is 0. The van der Waals surface area contributed by atoms with E-state index in [9.17, 15) is 0 Å². The number of benzene rings is 9. The van der Waals surface area contributed by atoms with E-state index in [1.165, 1.54) is 27.8 Å². The van der Waals surface area contributed by atoms with Gasteiger partial charge in [-0.1, -0.05) is 152 Å². The van der Waals surface area contributed by atoms with Gasteiger partial charge < -0.3 is 29.9 Å².